The summed E-state index contributed by atoms with van der Waals surface area (Å²) in [6.07, 6.45) is 8.27. The van der Waals surface area contributed by atoms with Crippen LogP contribution in [0.4, 0.5) is 5.82 Å². The average molecular weight is 280 g/mol. The SMILES string of the molecule is CSC1CCCC(NC(=O)c2ccnc(NN)c2)C1. The molecule has 1 aliphatic carbocycles. The fraction of sp³-hybridized carbons (Fsp3) is 0.538. The molecule has 2 rings (SSSR count). The molecule has 0 saturated heterocycles. The molecule has 1 aliphatic rings. The molecule has 0 bridgehead atoms. The van der Waals surface area contributed by atoms with Crippen LogP contribution in [-0.2, 0) is 0 Å². The van der Waals surface area contributed by atoms with E-state index in [0.29, 0.717) is 16.6 Å². The quantitative estimate of drug-likeness (QED) is 0.578. The molecule has 2 unspecified atom stereocenters. The lowest BCUT2D eigenvalue weighted by atomic mass is 9.94. The molecule has 6 heteroatoms. The van der Waals surface area contributed by atoms with E-state index in [4.69, 9.17) is 5.84 Å². The number of amides is 1. The third kappa shape index (κ3) is 3.84. The summed E-state index contributed by atoms with van der Waals surface area (Å²) in [5.74, 6) is 5.74. The van der Waals surface area contributed by atoms with Crippen LogP contribution in [0, 0.1) is 0 Å². The van der Waals surface area contributed by atoms with Gasteiger partial charge in [-0.3, -0.25) is 4.79 Å². The van der Waals surface area contributed by atoms with Crippen LogP contribution in [-0.4, -0.2) is 28.4 Å². The van der Waals surface area contributed by atoms with Crippen LogP contribution in [0.2, 0.25) is 0 Å². The molecule has 0 radical (unpaired) electrons. The highest BCUT2D eigenvalue weighted by atomic mass is 32.2. The number of hydrogen-bond acceptors (Lipinski definition) is 5. The first-order valence-corrected chi connectivity index (χ1v) is 7.78. The molecule has 104 valence electrons. The van der Waals surface area contributed by atoms with Gasteiger partial charge in [0, 0.05) is 23.1 Å². The van der Waals surface area contributed by atoms with Crippen LogP contribution in [0.5, 0.6) is 0 Å². The Balaban J connectivity index is 1.96. The van der Waals surface area contributed by atoms with E-state index < -0.39 is 0 Å². The second kappa shape index (κ2) is 6.77. The molecule has 0 spiro atoms. The van der Waals surface area contributed by atoms with Gasteiger partial charge in [-0.15, -0.1) is 0 Å². The van der Waals surface area contributed by atoms with Gasteiger partial charge in [0.15, 0.2) is 0 Å². The summed E-state index contributed by atoms with van der Waals surface area (Å²) in [5, 5.41) is 3.77. The summed E-state index contributed by atoms with van der Waals surface area (Å²) in [6.45, 7) is 0. The highest BCUT2D eigenvalue weighted by Gasteiger charge is 2.23. The molecular weight excluding hydrogens is 260 g/mol. The maximum absolute atomic E-state index is 12.2. The van der Waals surface area contributed by atoms with Crippen molar-refractivity contribution in [3.05, 3.63) is 23.9 Å². The second-order valence-corrected chi connectivity index (χ2v) is 5.91. The summed E-state index contributed by atoms with van der Waals surface area (Å²) in [7, 11) is 0. The van der Waals surface area contributed by atoms with Crippen molar-refractivity contribution in [1.29, 1.82) is 0 Å². The number of nitrogen functional groups attached to an aromatic ring is 1. The van der Waals surface area contributed by atoms with Gasteiger partial charge >= 0.3 is 0 Å². The standard InChI is InChI=1S/C13H20N4OS/c1-19-11-4-2-3-10(8-11)16-13(18)9-5-6-15-12(7-9)17-14/h5-7,10-11H,2-4,8,14H2,1H3,(H,15,17)(H,16,18). The number of pyridine rings is 1. The number of hydrogen-bond donors (Lipinski definition) is 3. The number of hydrazine groups is 1. The molecule has 2 atom stereocenters. The van der Waals surface area contributed by atoms with E-state index in [2.05, 4.69) is 22.0 Å². The smallest absolute Gasteiger partial charge is 0.251 e. The van der Waals surface area contributed by atoms with Gasteiger partial charge < -0.3 is 10.7 Å². The van der Waals surface area contributed by atoms with Crippen LogP contribution in [0.25, 0.3) is 0 Å². The number of aromatic nitrogens is 1. The first-order valence-electron chi connectivity index (χ1n) is 6.49. The zero-order valence-electron chi connectivity index (χ0n) is 11.1. The molecule has 19 heavy (non-hydrogen) atoms. The highest BCUT2D eigenvalue weighted by Crippen LogP contribution is 2.27. The highest BCUT2D eigenvalue weighted by molar-refractivity contribution is 7.99. The average Bonchev–Trinajstić information content (AvgIpc) is 2.47. The Kier molecular flexibility index (Phi) is 5.04. The van der Waals surface area contributed by atoms with Gasteiger partial charge in [-0.05, 0) is 37.7 Å². The number of carbonyl (C=O) groups is 1. The number of carbonyl (C=O) groups excluding carboxylic acids is 1. The Bertz CT molecular complexity index is 440. The van der Waals surface area contributed by atoms with E-state index >= 15 is 0 Å². The fourth-order valence-electron chi connectivity index (χ4n) is 2.41. The van der Waals surface area contributed by atoms with Crippen LogP contribution >= 0.6 is 11.8 Å². The number of thioether (sulfide) groups is 1. The summed E-state index contributed by atoms with van der Waals surface area (Å²) < 4.78 is 0. The molecule has 5 nitrogen and oxygen atoms in total. The van der Waals surface area contributed by atoms with Crippen molar-refractivity contribution >= 4 is 23.5 Å². The monoisotopic (exact) mass is 280 g/mol. The van der Waals surface area contributed by atoms with E-state index in [1.807, 2.05) is 11.8 Å². The maximum atomic E-state index is 12.2. The fourth-order valence-corrected chi connectivity index (χ4v) is 3.24. The number of nitrogens with one attached hydrogen (secondary N) is 2. The van der Waals surface area contributed by atoms with E-state index in [1.165, 1.54) is 12.8 Å². The minimum absolute atomic E-state index is 0.0503. The van der Waals surface area contributed by atoms with Crippen molar-refractivity contribution in [3.63, 3.8) is 0 Å². The van der Waals surface area contributed by atoms with Crippen molar-refractivity contribution < 1.29 is 4.79 Å². The third-order valence-electron chi connectivity index (χ3n) is 3.46. The molecule has 1 fully saturated rings. The molecule has 1 aromatic rings. The van der Waals surface area contributed by atoms with Gasteiger partial charge in [-0.25, -0.2) is 10.8 Å². The molecule has 1 heterocycles. The van der Waals surface area contributed by atoms with Crippen molar-refractivity contribution in [2.24, 2.45) is 5.84 Å². The second-order valence-electron chi connectivity index (χ2n) is 4.77. The first kappa shape index (κ1) is 14.1. The van der Waals surface area contributed by atoms with Crippen LogP contribution in [0.15, 0.2) is 18.3 Å². The van der Waals surface area contributed by atoms with E-state index in [0.717, 1.165) is 12.8 Å². The van der Waals surface area contributed by atoms with Gasteiger partial charge in [-0.1, -0.05) is 6.42 Å². The van der Waals surface area contributed by atoms with Crippen LogP contribution in [0.3, 0.4) is 0 Å². The lowest BCUT2D eigenvalue weighted by molar-refractivity contribution is 0.0928. The number of nitrogens with two attached hydrogens (primary N) is 1. The van der Waals surface area contributed by atoms with Crippen molar-refractivity contribution in [1.82, 2.24) is 10.3 Å². The number of anilines is 1. The molecule has 1 amide bonds. The summed E-state index contributed by atoms with van der Waals surface area (Å²) >= 11 is 1.89. The maximum Gasteiger partial charge on any atom is 0.251 e. The summed E-state index contributed by atoms with van der Waals surface area (Å²) in [5.41, 5.74) is 3.04. The van der Waals surface area contributed by atoms with Crippen LogP contribution in [0.1, 0.15) is 36.0 Å². The Morgan fingerprint density at radius 3 is 3.11 bits per heavy atom. The molecule has 1 saturated carbocycles. The first-order chi connectivity index (χ1) is 9.22. The van der Waals surface area contributed by atoms with Gasteiger partial charge in [0.25, 0.3) is 5.91 Å². The van der Waals surface area contributed by atoms with Crippen molar-refractivity contribution in [2.75, 3.05) is 11.7 Å². The molecule has 0 aromatic carbocycles. The normalized spacial score (nSPS) is 22.8. The Morgan fingerprint density at radius 1 is 1.53 bits per heavy atom. The topological polar surface area (TPSA) is 80.0 Å². The number of rotatable bonds is 4. The minimum Gasteiger partial charge on any atom is -0.349 e. The Hall–Kier alpha value is -1.27. The lowest BCUT2D eigenvalue weighted by Gasteiger charge is -2.28. The Morgan fingerprint density at radius 2 is 2.37 bits per heavy atom. The van der Waals surface area contributed by atoms with E-state index in [9.17, 15) is 4.79 Å². The molecule has 0 aliphatic heterocycles. The lowest BCUT2D eigenvalue weighted by Crippen LogP contribution is -2.39. The summed E-state index contributed by atoms with van der Waals surface area (Å²) in [4.78, 5) is 16.2. The number of nitrogens with zero attached hydrogens (tertiary/aromatic N) is 1. The van der Waals surface area contributed by atoms with Gasteiger partial charge in [0.05, 0.1) is 0 Å². The zero-order valence-corrected chi connectivity index (χ0v) is 11.9. The molecular formula is C13H20N4OS. The predicted octanol–water partition coefficient (Wildman–Crippen LogP) is 1.77. The zero-order chi connectivity index (χ0) is 13.7. The Labute approximate surface area is 117 Å². The van der Waals surface area contributed by atoms with E-state index in [-0.39, 0.29) is 11.9 Å². The third-order valence-corrected chi connectivity index (χ3v) is 4.56. The summed E-state index contributed by atoms with van der Waals surface area (Å²) in [6, 6.07) is 3.64. The largest absolute Gasteiger partial charge is 0.349 e. The molecule has 1 aromatic heterocycles. The predicted molar refractivity (Wildman–Crippen MR) is 79.1 cm³/mol. The van der Waals surface area contributed by atoms with Gasteiger partial charge in [-0.2, -0.15) is 11.8 Å². The molecule has 4 N–H and O–H groups in total. The van der Waals surface area contributed by atoms with Crippen molar-refractivity contribution in [2.45, 2.75) is 37.0 Å². The minimum atomic E-state index is -0.0503. The van der Waals surface area contributed by atoms with Gasteiger partial charge in [0.2, 0.25) is 0 Å². The van der Waals surface area contributed by atoms with Crippen LogP contribution < -0.4 is 16.6 Å². The van der Waals surface area contributed by atoms with Gasteiger partial charge in [0.1, 0.15) is 5.82 Å². The van der Waals surface area contributed by atoms with E-state index in [1.54, 1.807) is 18.3 Å². The van der Waals surface area contributed by atoms with Crippen molar-refractivity contribution in [3.8, 4) is 0 Å².